The molecule has 1 heterocycles. The molecule has 0 unspecified atom stereocenters. The smallest absolute Gasteiger partial charge is 0.337 e. The van der Waals surface area contributed by atoms with Gasteiger partial charge in [-0.05, 0) is 23.3 Å². The number of nitrogen functional groups attached to an aromatic ring is 1. The van der Waals surface area contributed by atoms with Gasteiger partial charge in [0, 0.05) is 17.4 Å². The van der Waals surface area contributed by atoms with Gasteiger partial charge in [0.15, 0.2) is 0 Å². The molecule has 22 heavy (non-hydrogen) atoms. The normalized spacial score (nSPS) is 10.5. The Labute approximate surface area is 127 Å². The van der Waals surface area contributed by atoms with Crippen LogP contribution in [0.4, 0.5) is 5.69 Å². The van der Waals surface area contributed by atoms with Gasteiger partial charge in [-0.15, -0.1) is 0 Å². The Kier molecular flexibility index (Phi) is 3.62. The minimum atomic E-state index is -1.02. The zero-order valence-electron chi connectivity index (χ0n) is 11.8. The van der Waals surface area contributed by atoms with Crippen LogP contribution in [0.25, 0.3) is 11.1 Å². The van der Waals surface area contributed by atoms with E-state index in [1.807, 2.05) is 41.2 Å². The highest BCUT2D eigenvalue weighted by Crippen LogP contribution is 2.24. The molecule has 0 fully saturated rings. The molecule has 0 atom stereocenters. The van der Waals surface area contributed by atoms with Crippen molar-refractivity contribution in [3.05, 3.63) is 72.1 Å². The number of nitrogens with two attached hydrogens (primary N) is 1. The Morgan fingerprint density at radius 2 is 1.91 bits per heavy atom. The number of nitrogens with zero attached hydrogens (tertiary/aromatic N) is 2. The summed E-state index contributed by atoms with van der Waals surface area (Å²) >= 11 is 0. The fraction of sp³-hybridized carbons (Fsp3) is 0.0588. The number of carboxylic acids is 1. The standard InChI is InChI=1S/C17H15N3O2/c18-16-8-13(6-7-15(16)17(21)22)14-9-19-20(11-14)10-12-4-2-1-3-5-12/h1-9,11H,10,18H2,(H,21,22). The van der Waals surface area contributed by atoms with Crippen LogP contribution in [0.2, 0.25) is 0 Å². The summed E-state index contributed by atoms with van der Waals surface area (Å²) in [5.41, 5.74) is 9.06. The summed E-state index contributed by atoms with van der Waals surface area (Å²) < 4.78 is 1.84. The number of carbonyl (C=O) groups is 1. The fourth-order valence-electron chi connectivity index (χ4n) is 2.31. The molecular weight excluding hydrogens is 278 g/mol. The molecule has 0 spiro atoms. The number of benzene rings is 2. The summed E-state index contributed by atoms with van der Waals surface area (Å²) in [4.78, 5) is 11.0. The molecule has 0 aliphatic rings. The predicted octanol–water partition coefficient (Wildman–Crippen LogP) is 2.88. The summed E-state index contributed by atoms with van der Waals surface area (Å²) in [6.07, 6.45) is 3.67. The van der Waals surface area contributed by atoms with Gasteiger partial charge in [0.05, 0.1) is 18.3 Å². The van der Waals surface area contributed by atoms with E-state index in [0.717, 1.165) is 16.7 Å². The molecule has 3 aromatic rings. The Bertz CT molecular complexity index is 810. The molecule has 0 amide bonds. The van der Waals surface area contributed by atoms with Crippen molar-refractivity contribution in [1.82, 2.24) is 9.78 Å². The summed E-state index contributed by atoms with van der Waals surface area (Å²) in [5.74, 6) is -1.02. The first-order chi connectivity index (χ1) is 10.6. The third-order valence-electron chi connectivity index (χ3n) is 3.44. The molecular formula is C17H15N3O2. The largest absolute Gasteiger partial charge is 0.478 e. The van der Waals surface area contributed by atoms with Gasteiger partial charge in [0.1, 0.15) is 0 Å². The topological polar surface area (TPSA) is 81.1 Å². The highest BCUT2D eigenvalue weighted by Gasteiger charge is 2.10. The number of aromatic nitrogens is 2. The highest BCUT2D eigenvalue weighted by molar-refractivity contribution is 5.94. The van der Waals surface area contributed by atoms with Gasteiger partial charge in [-0.25, -0.2) is 4.79 Å². The zero-order valence-corrected chi connectivity index (χ0v) is 11.8. The van der Waals surface area contributed by atoms with Crippen molar-refractivity contribution < 1.29 is 9.90 Å². The summed E-state index contributed by atoms with van der Waals surface area (Å²) in [5, 5.41) is 13.3. The Morgan fingerprint density at radius 3 is 2.59 bits per heavy atom. The molecule has 5 heteroatoms. The number of hydrogen-bond acceptors (Lipinski definition) is 3. The monoisotopic (exact) mass is 293 g/mol. The average molecular weight is 293 g/mol. The minimum absolute atomic E-state index is 0.112. The van der Waals surface area contributed by atoms with Gasteiger partial charge in [0.2, 0.25) is 0 Å². The molecule has 110 valence electrons. The maximum Gasteiger partial charge on any atom is 0.337 e. The van der Waals surface area contributed by atoms with Gasteiger partial charge in [0.25, 0.3) is 0 Å². The van der Waals surface area contributed by atoms with E-state index in [0.29, 0.717) is 6.54 Å². The molecule has 3 N–H and O–H groups in total. The molecule has 5 nitrogen and oxygen atoms in total. The summed E-state index contributed by atoms with van der Waals surface area (Å²) in [6, 6.07) is 15.0. The van der Waals surface area contributed by atoms with Crippen molar-refractivity contribution in [3.8, 4) is 11.1 Å². The molecule has 0 saturated heterocycles. The van der Waals surface area contributed by atoms with Crippen molar-refractivity contribution in [2.45, 2.75) is 6.54 Å². The first-order valence-corrected chi connectivity index (χ1v) is 6.83. The van der Waals surface area contributed by atoms with E-state index >= 15 is 0 Å². The van der Waals surface area contributed by atoms with Gasteiger partial charge >= 0.3 is 5.97 Å². The van der Waals surface area contributed by atoms with E-state index < -0.39 is 5.97 Å². The number of rotatable bonds is 4. The van der Waals surface area contributed by atoms with Gasteiger partial charge < -0.3 is 10.8 Å². The van der Waals surface area contributed by atoms with Crippen LogP contribution in [0.5, 0.6) is 0 Å². The van der Waals surface area contributed by atoms with Crippen LogP contribution in [0.1, 0.15) is 15.9 Å². The van der Waals surface area contributed by atoms with E-state index in [2.05, 4.69) is 5.10 Å². The third-order valence-corrected chi connectivity index (χ3v) is 3.44. The first kappa shape index (κ1) is 13.9. The van der Waals surface area contributed by atoms with Crippen LogP contribution in [-0.2, 0) is 6.54 Å². The molecule has 0 bridgehead atoms. The van der Waals surface area contributed by atoms with Gasteiger partial charge in [-0.1, -0.05) is 36.4 Å². The lowest BCUT2D eigenvalue weighted by Gasteiger charge is -2.04. The fourth-order valence-corrected chi connectivity index (χ4v) is 2.31. The van der Waals surface area contributed by atoms with Crippen molar-refractivity contribution in [3.63, 3.8) is 0 Å². The van der Waals surface area contributed by atoms with Crippen LogP contribution in [-0.4, -0.2) is 20.9 Å². The third kappa shape index (κ3) is 2.83. The van der Waals surface area contributed by atoms with E-state index in [1.54, 1.807) is 18.3 Å². The SMILES string of the molecule is Nc1cc(-c2cnn(Cc3ccccc3)c2)ccc1C(=O)O. The van der Waals surface area contributed by atoms with Crippen LogP contribution in [0.15, 0.2) is 60.9 Å². The Balaban J connectivity index is 1.85. The lowest BCUT2D eigenvalue weighted by molar-refractivity contribution is 0.0698. The van der Waals surface area contributed by atoms with Crippen LogP contribution >= 0.6 is 0 Å². The summed E-state index contributed by atoms with van der Waals surface area (Å²) in [7, 11) is 0. The zero-order chi connectivity index (χ0) is 15.5. The number of anilines is 1. The second-order valence-electron chi connectivity index (χ2n) is 5.02. The van der Waals surface area contributed by atoms with E-state index in [9.17, 15) is 4.79 Å². The Morgan fingerprint density at radius 1 is 1.14 bits per heavy atom. The van der Waals surface area contributed by atoms with Crippen LogP contribution in [0, 0.1) is 0 Å². The maximum absolute atomic E-state index is 11.0. The average Bonchev–Trinajstić information content (AvgIpc) is 2.96. The molecule has 1 aromatic heterocycles. The number of carboxylic acid groups (broad SMARTS) is 1. The molecule has 2 aromatic carbocycles. The van der Waals surface area contributed by atoms with Crippen molar-refractivity contribution in [2.75, 3.05) is 5.73 Å². The molecule has 0 radical (unpaired) electrons. The van der Waals surface area contributed by atoms with Crippen LogP contribution < -0.4 is 5.73 Å². The van der Waals surface area contributed by atoms with Gasteiger partial charge in [-0.3, -0.25) is 4.68 Å². The molecule has 3 rings (SSSR count). The lowest BCUT2D eigenvalue weighted by Crippen LogP contribution is -2.02. The Hall–Kier alpha value is -3.08. The second kappa shape index (κ2) is 5.73. The minimum Gasteiger partial charge on any atom is -0.478 e. The molecule has 0 saturated carbocycles. The van der Waals surface area contributed by atoms with E-state index in [4.69, 9.17) is 10.8 Å². The highest BCUT2D eigenvalue weighted by atomic mass is 16.4. The maximum atomic E-state index is 11.0. The van der Waals surface area contributed by atoms with E-state index in [-0.39, 0.29) is 11.3 Å². The van der Waals surface area contributed by atoms with E-state index in [1.165, 1.54) is 6.07 Å². The van der Waals surface area contributed by atoms with Crippen molar-refractivity contribution in [2.24, 2.45) is 0 Å². The van der Waals surface area contributed by atoms with Crippen LogP contribution in [0.3, 0.4) is 0 Å². The molecule has 0 aliphatic heterocycles. The van der Waals surface area contributed by atoms with Gasteiger partial charge in [-0.2, -0.15) is 5.10 Å². The number of aromatic carboxylic acids is 1. The molecule has 0 aliphatic carbocycles. The predicted molar refractivity (Wildman–Crippen MR) is 84.6 cm³/mol. The van der Waals surface area contributed by atoms with Crippen molar-refractivity contribution >= 4 is 11.7 Å². The first-order valence-electron chi connectivity index (χ1n) is 6.83. The lowest BCUT2D eigenvalue weighted by atomic mass is 10.1. The van der Waals surface area contributed by atoms with Crippen molar-refractivity contribution in [1.29, 1.82) is 0 Å². The quantitative estimate of drug-likeness (QED) is 0.725. The summed E-state index contributed by atoms with van der Waals surface area (Å²) in [6.45, 7) is 0.684. The number of hydrogen-bond donors (Lipinski definition) is 2. The second-order valence-corrected chi connectivity index (χ2v) is 5.02.